The lowest BCUT2D eigenvalue weighted by molar-refractivity contribution is -0.137. The predicted molar refractivity (Wildman–Crippen MR) is 156 cm³/mol. The molecule has 222 valence electrons. The van der Waals surface area contributed by atoms with E-state index in [1.165, 1.54) is 35.6 Å². The lowest BCUT2D eigenvalue weighted by Gasteiger charge is -2.14. The van der Waals surface area contributed by atoms with Gasteiger partial charge in [-0.2, -0.15) is 18.3 Å². The van der Waals surface area contributed by atoms with Gasteiger partial charge in [0, 0.05) is 17.7 Å². The minimum Gasteiger partial charge on any atom is -0.494 e. The van der Waals surface area contributed by atoms with Crippen LogP contribution >= 0.6 is 11.8 Å². The zero-order chi connectivity index (χ0) is 30.4. The molecule has 1 saturated heterocycles. The largest absolute Gasteiger partial charge is 0.494 e. The minimum atomic E-state index is -4.48. The van der Waals surface area contributed by atoms with Crippen LogP contribution in [0.2, 0.25) is 0 Å². The Morgan fingerprint density at radius 3 is 2.65 bits per heavy atom. The van der Waals surface area contributed by atoms with E-state index in [9.17, 15) is 22.8 Å². The highest BCUT2D eigenvalue weighted by molar-refractivity contribution is 8.15. The van der Waals surface area contributed by atoms with Gasteiger partial charge in [0.05, 0.1) is 31.2 Å². The van der Waals surface area contributed by atoms with E-state index in [1.54, 1.807) is 42.5 Å². The number of carbonyl (C=O) groups excluding carboxylic acids is 2. The monoisotopic (exact) mass is 610 g/mol. The maximum atomic E-state index is 13.3. The summed E-state index contributed by atoms with van der Waals surface area (Å²) in [5.41, 5.74) is 0.0387. The first-order valence-electron chi connectivity index (χ1n) is 13.1. The smallest absolute Gasteiger partial charge is 0.416 e. The van der Waals surface area contributed by atoms with Crippen molar-refractivity contribution in [2.45, 2.75) is 31.3 Å². The Hall–Kier alpha value is -4.78. The number of furan rings is 2. The van der Waals surface area contributed by atoms with Gasteiger partial charge in [0.25, 0.3) is 0 Å². The van der Waals surface area contributed by atoms with E-state index in [0.29, 0.717) is 23.8 Å². The lowest BCUT2D eigenvalue weighted by Crippen LogP contribution is -2.33. The fourth-order valence-electron chi connectivity index (χ4n) is 4.16. The number of hydrogen-bond donors (Lipinski definition) is 1. The fraction of sp³-hybridized carbons (Fsp3) is 0.200. The first kappa shape index (κ1) is 29.7. The quantitative estimate of drug-likeness (QED) is 0.156. The van der Waals surface area contributed by atoms with Gasteiger partial charge >= 0.3 is 6.18 Å². The fourth-order valence-corrected chi connectivity index (χ4v) is 5.26. The molecule has 1 N–H and O–H groups in total. The highest BCUT2D eigenvalue weighted by Gasteiger charge is 2.40. The number of carbonyl (C=O) groups is 2. The van der Waals surface area contributed by atoms with Crippen molar-refractivity contribution in [3.05, 3.63) is 96.1 Å². The molecule has 0 spiro atoms. The highest BCUT2D eigenvalue weighted by atomic mass is 32.2. The van der Waals surface area contributed by atoms with Gasteiger partial charge in [-0.05, 0) is 67.6 Å². The summed E-state index contributed by atoms with van der Waals surface area (Å²) in [7, 11) is 0. The molecule has 9 nitrogen and oxygen atoms in total. The molecule has 4 aromatic rings. The van der Waals surface area contributed by atoms with E-state index < -0.39 is 17.0 Å². The van der Waals surface area contributed by atoms with Gasteiger partial charge in [-0.3, -0.25) is 14.5 Å². The molecule has 0 radical (unpaired) electrons. The number of benzene rings is 2. The molecule has 43 heavy (non-hydrogen) atoms. The van der Waals surface area contributed by atoms with Crippen LogP contribution in [0.4, 0.5) is 18.9 Å². The molecule has 1 fully saturated rings. The van der Waals surface area contributed by atoms with Crippen LogP contribution in [0, 0.1) is 0 Å². The summed E-state index contributed by atoms with van der Waals surface area (Å²) in [6.45, 7) is 2.49. The van der Waals surface area contributed by atoms with E-state index in [2.05, 4.69) is 15.5 Å². The van der Waals surface area contributed by atoms with Crippen LogP contribution in [-0.2, 0) is 22.3 Å². The number of thioether (sulfide) groups is 1. The summed E-state index contributed by atoms with van der Waals surface area (Å²) in [6, 6.07) is 18.2. The number of amidine groups is 1. The normalized spacial score (nSPS) is 16.4. The van der Waals surface area contributed by atoms with Crippen LogP contribution in [0.15, 0.2) is 98.1 Å². The third-order valence-corrected chi connectivity index (χ3v) is 7.33. The molecule has 0 bridgehead atoms. The van der Waals surface area contributed by atoms with Gasteiger partial charge < -0.3 is 18.9 Å². The molecule has 1 unspecified atom stereocenters. The summed E-state index contributed by atoms with van der Waals surface area (Å²) in [5.74, 6) is 0.983. The Balaban J connectivity index is 1.28. The third kappa shape index (κ3) is 7.55. The van der Waals surface area contributed by atoms with Crippen LogP contribution < -0.4 is 10.1 Å². The summed E-state index contributed by atoms with van der Waals surface area (Å²) < 4.78 is 55.7. The van der Waals surface area contributed by atoms with E-state index in [1.807, 2.05) is 6.92 Å². The Kier molecular flexibility index (Phi) is 9.00. The number of ether oxygens (including phenoxy) is 1. The zero-order valence-corrected chi connectivity index (χ0v) is 23.5. The molecule has 0 aliphatic carbocycles. The number of amides is 2. The van der Waals surface area contributed by atoms with Crippen molar-refractivity contribution in [2.24, 2.45) is 10.2 Å². The van der Waals surface area contributed by atoms with Crippen molar-refractivity contribution in [1.29, 1.82) is 0 Å². The molecule has 2 aromatic heterocycles. The van der Waals surface area contributed by atoms with Crippen molar-refractivity contribution in [1.82, 2.24) is 4.90 Å². The van der Waals surface area contributed by atoms with Crippen LogP contribution in [0.25, 0.3) is 11.3 Å². The second-order valence-corrected chi connectivity index (χ2v) is 10.4. The molecule has 2 aromatic carbocycles. The first-order valence-corrected chi connectivity index (χ1v) is 14.0. The van der Waals surface area contributed by atoms with Crippen molar-refractivity contribution < 1.29 is 36.3 Å². The topological polar surface area (TPSA) is 110 Å². The average Bonchev–Trinajstić information content (AvgIpc) is 3.73. The standard InChI is InChI=1S/C30H25F3N4O5S/c1-2-40-22-10-8-21(9-11-22)35-27(38)16-26-28(39)37(18-24-7-4-14-41-24)29(43-26)36-34-17-23-12-13-25(42-23)19-5-3-6-20(15-19)30(31,32)33/h3-15,17,26H,2,16,18H2,1H3,(H,35,38)/b34-17+,36-29-. The van der Waals surface area contributed by atoms with E-state index >= 15 is 0 Å². The SMILES string of the molecule is CCOc1ccc(NC(=O)CC2S/C(=N\N=C\c3ccc(-c4cccc(C(F)(F)F)c4)o3)N(Cc3ccco3)C2=O)cc1. The maximum Gasteiger partial charge on any atom is 0.416 e. The molecular formula is C30H25F3N4O5S. The molecule has 3 heterocycles. The number of nitrogens with one attached hydrogen (secondary N) is 1. The second kappa shape index (κ2) is 13.0. The molecule has 13 heteroatoms. The zero-order valence-electron chi connectivity index (χ0n) is 22.7. The van der Waals surface area contributed by atoms with Gasteiger partial charge in [0.1, 0.15) is 28.3 Å². The summed E-state index contributed by atoms with van der Waals surface area (Å²) in [6.07, 6.45) is -1.81. The van der Waals surface area contributed by atoms with Crippen molar-refractivity contribution in [3.8, 4) is 17.1 Å². The van der Waals surface area contributed by atoms with Crippen LogP contribution in [0.3, 0.4) is 0 Å². The number of rotatable bonds is 10. The Morgan fingerprint density at radius 2 is 1.93 bits per heavy atom. The summed E-state index contributed by atoms with van der Waals surface area (Å²) in [4.78, 5) is 27.4. The van der Waals surface area contributed by atoms with Gasteiger partial charge in [-0.25, -0.2) is 0 Å². The lowest BCUT2D eigenvalue weighted by atomic mass is 10.1. The molecule has 5 rings (SSSR count). The molecule has 1 atom stereocenters. The molecule has 0 saturated carbocycles. The van der Waals surface area contributed by atoms with Crippen LogP contribution in [0.5, 0.6) is 5.75 Å². The Labute approximate surface area is 248 Å². The first-order chi connectivity index (χ1) is 20.7. The van der Waals surface area contributed by atoms with Crippen molar-refractivity contribution in [3.63, 3.8) is 0 Å². The number of alkyl halides is 3. The van der Waals surface area contributed by atoms with Crippen molar-refractivity contribution in [2.75, 3.05) is 11.9 Å². The van der Waals surface area contributed by atoms with E-state index in [-0.39, 0.29) is 47.0 Å². The number of anilines is 1. The Morgan fingerprint density at radius 1 is 1.12 bits per heavy atom. The van der Waals surface area contributed by atoms with E-state index in [0.717, 1.165) is 23.9 Å². The summed E-state index contributed by atoms with van der Waals surface area (Å²) >= 11 is 1.09. The van der Waals surface area contributed by atoms with Gasteiger partial charge in [0.15, 0.2) is 5.17 Å². The molecule has 1 aliphatic heterocycles. The van der Waals surface area contributed by atoms with Gasteiger partial charge in [0.2, 0.25) is 11.8 Å². The number of halogens is 3. The van der Waals surface area contributed by atoms with Gasteiger partial charge in [-0.1, -0.05) is 23.9 Å². The number of nitrogens with zero attached hydrogens (tertiary/aromatic N) is 3. The summed E-state index contributed by atoms with van der Waals surface area (Å²) in [5, 5.41) is 10.5. The minimum absolute atomic E-state index is 0.0879. The second-order valence-electron chi connectivity index (χ2n) is 9.23. The van der Waals surface area contributed by atoms with E-state index in [4.69, 9.17) is 13.6 Å². The van der Waals surface area contributed by atoms with Crippen LogP contribution in [-0.4, -0.2) is 40.0 Å². The number of hydrogen-bond acceptors (Lipinski definition) is 8. The van der Waals surface area contributed by atoms with Crippen LogP contribution in [0.1, 0.15) is 30.4 Å². The molecule has 2 amide bonds. The van der Waals surface area contributed by atoms with Crippen molar-refractivity contribution >= 4 is 40.6 Å². The molecule has 1 aliphatic rings. The maximum absolute atomic E-state index is 13.3. The predicted octanol–water partition coefficient (Wildman–Crippen LogP) is 6.82. The molecular weight excluding hydrogens is 585 g/mol. The highest BCUT2D eigenvalue weighted by Crippen LogP contribution is 2.33. The Bertz CT molecular complexity index is 1630. The third-order valence-electron chi connectivity index (χ3n) is 6.16. The average molecular weight is 611 g/mol. The van der Waals surface area contributed by atoms with Gasteiger partial charge in [-0.15, -0.1) is 5.10 Å².